The molecule has 8 nitrogen and oxygen atoms in total. The highest BCUT2D eigenvalue weighted by atomic mass is 32.1. The number of hydrogen-bond acceptors (Lipinski definition) is 7. The maximum absolute atomic E-state index is 12.3. The molecule has 0 aliphatic heterocycles. The van der Waals surface area contributed by atoms with Gasteiger partial charge in [-0.1, -0.05) is 35.6 Å². The van der Waals surface area contributed by atoms with E-state index >= 15 is 0 Å². The maximum Gasteiger partial charge on any atom is 0.246 e. The SMILES string of the molecule is NCc1ccccc1-c1cnc(NC(=O)Cn2cnc3ncncc32)s1. The lowest BCUT2D eigenvalue weighted by Crippen LogP contribution is -2.18. The zero-order chi connectivity index (χ0) is 17.9. The molecule has 0 saturated heterocycles. The summed E-state index contributed by atoms with van der Waals surface area (Å²) in [4.78, 5) is 29.8. The third-order valence-corrected chi connectivity index (χ3v) is 4.82. The molecule has 3 aromatic heterocycles. The molecular formula is C17H15N7OS. The fourth-order valence-electron chi connectivity index (χ4n) is 2.64. The van der Waals surface area contributed by atoms with Crippen LogP contribution in [0.1, 0.15) is 5.56 Å². The van der Waals surface area contributed by atoms with Gasteiger partial charge in [0.25, 0.3) is 0 Å². The van der Waals surface area contributed by atoms with Crippen LogP contribution in [0.4, 0.5) is 5.13 Å². The molecule has 3 heterocycles. The van der Waals surface area contributed by atoms with Crippen LogP contribution in [0.2, 0.25) is 0 Å². The molecule has 26 heavy (non-hydrogen) atoms. The molecule has 0 bridgehead atoms. The van der Waals surface area contributed by atoms with Crippen molar-refractivity contribution in [2.45, 2.75) is 13.1 Å². The smallest absolute Gasteiger partial charge is 0.246 e. The van der Waals surface area contributed by atoms with Crippen LogP contribution in [-0.2, 0) is 17.9 Å². The van der Waals surface area contributed by atoms with Gasteiger partial charge in [-0.3, -0.25) is 4.79 Å². The van der Waals surface area contributed by atoms with Gasteiger partial charge in [0, 0.05) is 12.7 Å². The van der Waals surface area contributed by atoms with E-state index in [4.69, 9.17) is 5.73 Å². The molecule has 4 rings (SSSR count). The van der Waals surface area contributed by atoms with Crippen molar-refractivity contribution >= 4 is 33.5 Å². The highest BCUT2D eigenvalue weighted by Crippen LogP contribution is 2.31. The van der Waals surface area contributed by atoms with Gasteiger partial charge in [0.05, 0.1) is 17.4 Å². The lowest BCUT2D eigenvalue weighted by molar-refractivity contribution is -0.116. The molecule has 0 atom stereocenters. The van der Waals surface area contributed by atoms with Crippen LogP contribution in [-0.4, -0.2) is 30.4 Å². The number of hydrogen-bond donors (Lipinski definition) is 2. The number of fused-ring (bicyclic) bond motifs is 1. The number of carbonyl (C=O) groups is 1. The molecular weight excluding hydrogens is 350 g/mol. The molecule has 0 aliphatic rings. The Bertz CT molecular complexity index is 1070. The summed E-state index contributed by atoms with van der Waals surface area (Å²) in [5.41, 5.74) is 9.13. The van der Waals surface area contributed by atoms with Crippen molar-refractivity contribution in [1.29, 1.82) is 0 Å². The number of anilines is 1. The topological polar surface area (TPSA) is 112 Å². The fraction of sp³-hybridized carbons (Fsp3) is 0.118. The van der Waals surface area contributed by atoms with Gasteiger partial charge in [-0.25, -0.2) is 19.9 Å². The van der Waals surface area contributed by atoms with Gasteiger partial charge in [0.15, 0.2) is 10.8 Å². The molecule has 0 radical (unpaired) electrons. The number of amides is 1. The molecule has 4 aromatic rings. The Morgan fingerprint density at radius 3 is 2.96 bits per heavy atom. The van der Waals surface area contributed by atoms with Gasteiger partial charge in [-0.2, -0.15) is 0 Å². The average molecular weight is 365 g/mol. The van der Waals surface area contributed by atoms with Crippen molar-refractivity contribution in [2.75, 3.05) is 5.32 Å². The number of thiazole rings is 1. The summed E-state index contributed by atoms with van der Waals surface area (Å²) >= 11 is 1.41. The highest BCUT2D eigenvalue weighted by Gasteiger charge is 2.12. The van der Waals surface area contributed by atoms with E-state index in [2.05, 4.69) is 25.3 Å². The van der Waals surface area contributed by atoms with Gasteiger partial charge in [-0.05, 0) is 11.1 Å². The van der Waals surface area contributed by atoms with E-state index in [1.54, 1.807) is 23.3 Å². The van der Waals surface area contributed by atoms with Crippen molar-refractivity contribution < 1.29 is 4.79 Å². The first-order valence-electron chi connectivity index (χ1n) is 7.89. The summed E-state index contributed by atoms with van der Waals surface area (Å²) in [6.07, 6.45) is 6.38. The van der Waals surface area contributed by atoms with Gasteiger partial charge < -0.3 is 15.6 Å². The summed E-state index contributed by atoms with van der Waals surface area (Å²) in [5, 5.41) is 3.36. The second-order valence-electron chi connectivity index (χ2n) is 5.54. The predicted molar refractivity (Wildman–Crippen MR) is 99.4 cm³/mol. The highest BCUT2D eigenvalue weighted by molar-refractivity contribution is 7.19. The van der Waals surface area contributed by atoms with E-state index < -0.39 is 0 Å². The molecule has 0 fully saturated rings. The van der Waals surface area contributed by atoms with Crippen molar-refractivity contribution in [1.82, 2.24) is 24.5 Å². The van der Waals surface area contributed by atoms with Crippen molar-refractivity contribution in [2.24, 2.45) is 5.73 Å². The lowest BCUT2D eigenvalue weighted by atomic mass is 10.1. The van der Waals surface area contributed by atoms with Crippen molar-refractivity contribution in [3.8, 4) is 10.4 Å². The molecule has 0 aliphatic carbocycles. The Labute approximate surface area is 152 Å². The van der Waals surface area contributed by atoms with E-state index in [1.165, 1.54) is 17.7 Å². The van der Waals surface area contributed by atoms with Crippen LogP contribution in [0.15, 0.2) is 49.3 Å². The van der Waals surface area contributed by atoms with Crippen molar-refractivity contribution in [3.05, 3.63) is 54.9 Å². The van der Waals surface area contributed by atoms with E-state index in [0.29, 0.717) is 22.8 Å². The molecule has 3 N–H and O–H groups in total. The number of rotatable bonds is 5. The van der Waals surface area contributed by atoms with Crippen LogP contribution < -0.4 is 11.1 Å². The summed E-state index contributed by atoms with van der Waals surface area (Å²) in [7, 11) is 0. The summed E-state index contributed by atoms with van der Waals surface area (Å²) < 4.78 is 1.70. The minimum Gasteiger partial charge on any atom is -0.326 e. The number of benzene rings is 1. The number of aromatic nitrogens is 5. The van der Waals surface area contributed by atoms with Crippen molar-refractivity contribution in [3.63, 3.8) is 0 Å². The Balaban J connectivity index is 1.49. The molecule has 9 heteroatoms. The number of nitrogens with zero attached hydrogens (tertiary/aromatic N) is 5. The molecule has 0 unspecified atom stereocenters. The Kier molecular flexibility index (Phi) is 4.38. The Morgan fingerprint density at radius 2 is 2.08 bits per heavy atom. The molecule has 0 spiro atoms. The van der Waals surface area contributed by atoms with Gasteiger partial charge in [-0.15, -0.1) is 0 Å². The third-order valence-electron chi connectivity index (χ3n) is 3.87. The van der Waals surface area contributed by atoms with Crippen LogP contribution in [0.25, 0.3) is 21.6 Å². The van der Waals surface area contributed by atoms with Gasteiger partial charge in [0.1, 0.15) is 18.4 Å². The minimum absolute atomic E-state index is 0.109. The minimum atomic E-state index is -0.193. The Hall–Kier alpha value is -3.17. The summed E-state index contributed by atoms with van der Waals surface area (Å²) in [5.74, 6) is -0.193. The van der Waals surface area contributed by atoms with Gasteiger partial charge >= 0.3 is 0 Å². The standard InChI is InChI=1S/C17H15N7OS/c18-5-11-3-1-2-4-12(11)14-7-20-17(26-14)23-15(25)8-24-10-22-16-13(24)6-19-9-21-16/h1-4,6-7,9-10H,5,8,18H2,(H,20,23,25). The second kappa shape index (κ2) is 6.98. The van der Waals surface area contributed by atoms with E-state index in [-0.39, 0.29) is 12.5 Å². The lowest BCUT2D eigenvalue weighted by Gasteiger charge is -2.04. The molecule has 1 amide bonds. The van der Waals surface area contributed by atoms with Crippen LogP contribution in [0, 0.1) is 0 Å². The number of nitrogens with two attached hydrogens (primary N) is 1. The largest absolute Gasteiger partial charge is 0.326 e. The monoisotopic (exact) mass is 365 g/mol. The van der Waals surface area contributed by atoms with E-state index in [9.17, 15) is 4.79 Å². The first kappa shape index (κ1) is 16.3. The zero-order valence-corrected chi connectivity index (χ0v) is 14.5. The third kappa shape index (κ3) is 3.17. The fourth-order valence-corrected chi connectivity index (χ4v) is 3.53. The summed E-state index contributed by atoms with van der Waals surface area (Å²) in [6, 6.07) is 7.89. The van der Waals surface area contributed by atoms with Crippen LogP contribution in [0.5, 0.6) is 0 Å². The number of carbonyl (C=O) groups excluding carboxylic acids is 1. The summed E-state index contributed by atoms with van der Waals surface area (Å²) in [6.45, 7) is 0.559. The second-order valence-corrected chi connectivity index (χ2v) is 6.57. The zero-order valence-electron chi connectivity index (χ0n) is 13.7. The first-order valence-corrected chi connectivity index (χ1v) is 8.71. The number of nitrogens with one attached hydrogen (secondary N) is 1. The van der Waals surface area contributed by atoms with Gasteiger partial charge in [0.2, 0.25) is 5.91 Å². The molecule has 0 saturated carbocycles. The van der Waals surface area contributed by atoms with Crippen LogP contribution >= 0.6 is 11.3 Å². The predicted octanol–water partition coefficient (Wildman–Crippen LogP) is 2.05. The maximum atomic E-state index is 12.3. The van der Waals surface area contributed by atoms with E-state index in [1.807, 2.05) is 24.3 Å². The normalized spacial score (nSPS) is 11.0. The molecule has 130 valence electrons. The Morgan fingerprint density at radius 1 is 1.19 bits per heavy atom. The number of imidazole rings is 1. The van der Waals surface area contributed by atoms with Crippen LogP contribution in [0.3, 0.4) is 0 Å². The van der Waals surface area contributed by atoms with E-state index in [0.717, 1.165) is 16.0 Å². The average Bonchev–Trinajstić information content (AvgIpc) is 3.29. The molecule has 1 aromatic carbocycles. The quantitative estimate of drug-likeness (QED) is 0.560. The first-order chi connectivity index (χ1) is 12.7.